The van der Waals surface area contributed by atoms with Gasteiger partial charge in [0.2, 0.25) is 15.9 Å². The average molecular weight is 473 g/mol. The van der Waals surface area contributed by atoms with Gasteiger partial charge in [-0.15, -0.1) is 0 Å². The number of nitrogens with one attached hydrogen (secondary N) is 1. The van der Waals surface area contributed by atoms with E-state index in [1.807, 2.05) is 6.07 Å². The van der Waals surface area contributed by atoms with Crippen molar-refractivity contribution in [2.24, 2.45) is 0 Å². The molecule has 0 fully saturated rings. The van der Waals surface area contributed by atoms with E-state index >= 15 is 0 Å². The normalized spacial score (nSPS) is 15.2. The van der Waals surface area contributed by atoms with Gasteiger partial charge < -0.3 is 14.8 Å². The van der Waals surface area contributed by atoms with Gasteiger partial charge in [-0.25, -0.2) is 8.42 Å². The van der Waals surface area contributed by atoms with Crippen LogP contribution in [0.5, 0.6) is 11.5 Å². The summed E-state index contributed by atoms with van der Waals surface area (Å²) < 4.78 is 37.0. The zero-order valence-electron chi connectivity index (χ0n) is 16.7. The lowest BCUT2D eigenvalue weighted by Crippen LogP contribution is -2.48. The predicted molar refractivity (Wildman–Crippen MR) is 117 cm³/mol. The molecule has 0 bridgehead atoms. The molecule has 0 unspecified atom stereocenters. The third-order valence-corrected chi connectivity index (χ3v) is 6.44. The van der Waals surface area contributed by atoms with E-state index in [4.69, 9.17) is 32.7 Å². The lowest BCUT2D eigenvalue weighted by atomic mass is 10.1. The third-order valence-electron chi connectivity index (χ3n) is 4.66. The number of sulfonamides is 1. The Hall–Kier alpha value is -2.16. The molecule has 10 heteroatoms. The summed E-state index contributed by atoms with van der Waals surface area (Å²) in [5.41, 5.74) is 0.938. The highest BCUT2D eigenvalue weighted by molar-refractivity contribution is 7.92. The van der Waals surface area contributed by atoms with E-state index in [0.717, 1.165) is 16.1 Å². The number of hydrogen-bond acceptors (Lipinski definition) is 5. The number of carbonyl (C=O) groups excluding carboxylic acids is 1. The molecule has 1 N–H and O–H groups in total. The molecule has 2 aromatic rings. The molecule has 1 amide bonds. The standard InChI is InChI=1S/C20H22Cl2N2O5S/c1-12(14-4-7-18-19(10-14)29-9-8-28-18)23-20(25)13(2)24(30(3,26)27)17-11-15(21)5-6-16(17)22/h4-7,10-13H,8-9H2,1-3H3,(H,23,25)/t12-,13-/m1/s1. The first-order valence-corrected chi connectivity index (χ1v) is 11.8. The predicted octanol–water partition coefficient (Wildman–Crippen LogP) is 3.80. The number of amides is 1. The monoisotopic (exact) mass is 472 g/mol. The van der Waals surface area contributed by atoms with Crippen molar-refractivity contribution in [1.82, 2.24) is 5.32 Å². The van der Waals surface area contributed by atoms with E-state index in [1.165, 1.54) is 19.1 Å². The topological polar surface area (TPSA) is 84.9 Å². The van der Waals surface area contributed by atoms with Crippen molar-refractivity contribution >= 4 is 44.8 Å². The summed E-state index contributed by atoms with van der Waals surface area (Å²) in [7, 11) is -3.82. The lowest BCUT2D eigenvalue weighted by molar-refractivity contribution is -0.122. The van der Waals surface area contributed by atoms with E-state index in [1.54, 1.807) is 25.1 Å². The molecule has 162 valence electrons. The fourth-order valence-corrected chi connectivity index (χ4v) is 4.79. The van der Waals surface area contributed by atoms with E-state index in [0.29, 0.717) is 29.7 Å². The third kappa shape index (κ3) is 4.94. The van der Waals surface area contributed by atoms with Crippen molar-refractivity contribution in [2.45, 2.75) is 25.9 Å². The number of nitrogens with zero attached hydrogens (tertiary/aromatic N) is 1. The molecule has 0 aliphatic carbocycles. The first-order valence-electron chi connectivity index (χ1n) is 9.22. The maximum absolute atomic E-state index is 12.9. The Labute approximate surface area is 185 Å². The fraction of sp³-hybridized carbons (Fsp3) is 0.350. The molecule has 1 aliphatic heterocycles. The minimum Gasteiger partial charge on any atom is -0.486 e. The molecule has 0 aromatic heterocycles. The Morgan fingerprint density at radius 3 is 2.40 bits per heavy atom. The van der Waals surface area contributed by atoms with Crippen LogP contribution >= 0.6 is 23.2 Å². The summed E-state index contributed by atoms with van der Waals surface area (Å²) in [6.07, 6.45) is 1.01. The Kier molecular flexibility index (Phi) is 6.69. The molecule has 1 heterocycles. The average Bonchev–Trinajstić information content (AvgIpc) is 2.69. The van der Waals surface area contributed by atoms with Gasteiger partial charge in [0.1, 0.15) is 19.3 Å². The van der Waals surface area contributed by atoms with E-state index in [9.17, 15) is 13.2 Å². The summed E-state index contributed by atoms with van der Waals surface area (Å²) >= 11 is 12.2. The number of anilines is 1. The summed E-state index contributed by atoms with van der Waals surface area (Å²) in [6, 6.07) is 8.39. The van der Waals surface area contributed by atoms with E-state index in [-0.39, 0.29) is 10.7 Å². The Bertz CT molecular complexity index is 1060. The first kappa shape index (κ1) is 22.5. The van der Waals surface area contributed by atoms with E-state index in [2.05, 4.69) is 5.32 Å². The van der Waals surface area contributed by atoms with Gasteiger partial charge in [0.25, 0.3) is 0 Å². The highest BCUT2D eigenvalue weighted by atomic mass is 35.5. The molecule has 2 atom stereocenters. The smallest absolute Gasteiger partial charge is 0.244 e. The van der Waals surface area contributed by atoms with Crippen molar-refractivity contribution in [2.75, 3.05) is 23.8 Å². The number of benzene rings is 2. The SMILES string of the molecule is C[C@H](C(=O)N[C@H](C)c1ccc2c(c1)OCCO2)N(c1cc(Cl)ccc1Cl)S(C)(=O)=O. The van der Waals surface area contributed by atoms with Gasteiger partial charge in [-0.2, -0.15) is 0 Å². The van der Waals surface area contributed by atoms with Crippen LogP contribution in [0.15, 0.2) is 36.4 Å². The number of rotatable bonds is 6. The number of halogens is 2. The van der Waals surface area contributed by atoms with E-state index < -0.39 is 28.0 Å². The van der Waals surface area contributed by atoms with Crippen molar-refractivity contribution < 1.29 is 22.7 Å². The molecule has 1 aliphatic rings. The zero-order valence-corrected chi connectivity index (χ0v) is 19.0. The van der Waals surface area contributed by atoms with Crippen LogP contribution in [0.4, 0.5) is 5.69 Å². The van der Waals surface area contributed by atoms with Crippen LogP contribution in [0.2, 0.25) is 10.0 Å². The minimum atomic E-state index is -3.82. The highest BCUT2D eigenvalue weighted by Crippen LogP contribution is 2.34. The maximum Gasteiger partial charge on any atom is 0.244 e. The Balaban J connectivity index is 1.83. The van der Waals surface area contributed by atoms with Crippen LogP contribution in [-0.4, -0.2) is 39.8 Å². The van der Waals surface area contributed by atoms with Crippen molar-refractivity contribution in [3.05, 3.63) is 52.0 Å². The second-order valence-electron chi connectivity index (χ2n) is 6.96. The van der Waals surface area contributed by atoms with Gasteiger partial charge in [-0.3, -0.25) is 9.10 Å². The molecule has 0 radical (unpaired) electrons. The van der Waals surface area contributed by atoms with Crippen LogP contribution < -0.4 is 19.1 Å². The van der Waals surface area contributed by atoms with Gasteiger partial charge >= 0.3 is 0 Å². The molecule has 0 saturated heterocycles. The molecule has 7 nitrogen and oxygen atoms in total. The summed E-state index contributed by atoms with van der Waals surface area (Å²) in [5.74, 6) is 0.769. The van der Waals surface area contributed by atoms with Crippen LogP contribution in [0.25, 0.3) is 0 Å². The summed E-state index contributed by atoms with van der Waals surface area (Å²) in [5, 5.41) is 3.32. The second-order valence-corrected chi connectivity index (χ2v) is 9.67. The molecule has 3 rings (SSSR count). The number of hydrogen-bond donors (Lipinski definition) is 1. The van der Waals surface area contributed by atoms with Crippen LogP contribution in [0, 0.1) is 0 Å². The van der Waals surface area contributed by atoms with Crippen molar-refractivity contribution in [3.63, 3.8) is 0 Å². The summed E-state index contributed by atoms with van der Waals surface area (Å²) in [6.45, 7) is 4.23. The summed E-state index contributed by atoms with van der Waals surface area (Å²) in [4.78, 5) is 12.9. The molecule has 30 heavy (non-hydrogen) atoms. The number of fused-ring (bicyclic) bond motifs is 1. The first-order chi connectivity index (χ1) is 14.1. The molecule has 2 aromatic carbocycles. The van der Waals surface area contributed by atoms with Crippen LogP contribution in [-0.2, 0) is 14.8 Å². The quantitative estimate of drug-likeness (QED) is 0.690. The number of carbonyl (C=O) groups is 1. The highest BCUT2D eigenvalue weighted by Gasteiger charge is 2.31. The van der Waals surface area contributed by atoms with Gasteiger partial charge in [0, 0.05) is 5.02 Å². The maximum atomic E-state index is 12.9. The fourth-order valence-electron chi connectivity index (χ4n) is 3.18. The number of ether oxygens (including phenoxy) is 2. The van der Waals surface area contributed by atoms with Gasteiger partial charge in [0.15, 0.2) is 11.5 Å². The minimum absolute atomic E-state index is 0.140. The molecule has 0 saturated carbocycles. The van der Waals surface area contributed by atoms with Gasteiger partial charge in [-0.1, -0.05) is 29.3 Å². The lowest BCUT2D eigenvalue weighted by Gasteiger charge is -2.30. The van der Waals surface area contributed by atoms with Crippen molar-refractivity contribution in [3.8, 4) is 11.5 Å². The zero-order chi connectivity index (χ0) is 22.1. The van der Waals surface area contributed by atoms with Gasteiger partial charge in [0.05, 0.1) is 23.0 Å². The molecular formula is C20H22Cl2N2O5S. The second kappa shape index (κ2) is 8.91. The molecular weight excluding hydrogens is 451 g/mol. The Morgan fingerprint density at radius 1 is 1.07 bits per heavy atom. The van der Waals surface area contributed by atoms with Crippen LogP contribution in [0.1, 0.15) is 25.5 Å². The van der Waals surface area contributed by atoms with Gasteiger partial charge in [-0.05, 0) is 49.7 Å². The largest absolute Gasteiger partial charge is 0.486 e. The van der Waals surface area contributed by atoms with Crippen molar-refractivity contribution in [1.29, 1.82) is 0 Å². The van der Waals surface area contributed by atoms with Crippen LogP contribution in [0.3, 0.4) is 0 Å². The Morgan fingerprint density at radius 2 is 1.73 bits per heavy atom. The molecule has 0 spiro atoms.